The topological polar surface area (TPSA) is 58.4 Å². The highest BCUT2D eigenvalue weighted by atomic mass is 35.5. The van der Waals surface area contributed by atoms with Gasteiger partial charge in [0.25, 0.3) is 0 Å². The fraction of sp³-hybridized carbons (Fsp3) is 0.276. The van der Waals surface area contributed by atoms with Crippen LogP contribution >= 0.6 is 23.2 Å². The van der Waals surface area contributed by atoms with Gasteiger partial charge < -0.3 is 9.64 Å². The molecule has 6 nitrogen and oxygen atoms in total. The maximum absolute atomic E-state index is 7.68. The minimum absolute atomic E-state index is 0.359. The van der Waals surface area contributed by atoms with Crippen molar-refractivity contribution in [3.63, 3.8) is 0 Å². The number of fused-ring (bicyclic) bond motifs is 1. The molecule has 8 heteroatoms. The molecule has 1 saturated heterocycles. The van der Waals surface area contributed by atoms with Gasteiger partial charge in [-0.15, -0.1) is 0 Å². The molecule has 0 radical (unpaired) electrons. The summed E-state index contributed by atoms with van der Waals surface area (Å²) in [6, 6.07) is 11.9. The zero-order chi connectivity index (χ0) is 25.8. The molecule has 1 aliphatic rings. The highest BCUT2D eigenvalue weighted by Crippen LogP contribution is 2.33. The van der Waals surface area contributed by atoms with Gasteiger partial charge in [0.05, 0.1) is 27.8 Å². The number of piperidine rings is 1. The van der Waals surface area contributed by atoms with Crippen LogP contribution in [0.5, 0.6) is 5.75 Å². The number of aromatic nitrogens is 3. The first-order chi connectivity index (χ1) is 18.0. The molecule has 1 fully saturated rings. The number of H-pyrrole nitrogens is 1. The summed E-state index contributed by atoms with van der Waals surface area (Å²) in [5, 5.41) is 9.40. The molecule has 37 heavy (non-hydrogen) atoms. The van der Waals surface area contributed by atoms with Crippen molar-refractivity contribution in [1.29, 1.82) is 0 Å². The van der Waals surface area contributed by atoms with Gasteiger partial charge in [-0.05, 0) is 74.3 Å². The van der Waals surface area contributed by atoms with Crippen LogP contribution in [0.1, 0.15) is 54.7 Å². The molecule has 0 amide bonds. The summed E-state index contributed by atoms with van der Waals surface area (Å²) in [5.74, 6) is 0.678. The quantitative estimate of drug-likeness (QED) is 0.244. The lowest BCUT2D eigenvalue weighted by Gasteiger charge is -2.26. The largest absolute Gasteiger partial charge is 0.486 e. The predicted molar refractivity (Wildman–Crippen MR) is 150 cm³/mol. The molecule has 1 aliphatic heterocycles. The van der Waals surface area contributed by atoms with E-state index in [2.05, 4.69) is 37.1 Å². The van der Waals surface area contributed by atoms with E-state index in [1.165, 1.54) is 19.3 Å². The number of nitrogens with zero attached hydrogens (tertiary/aromatic N) is 4. The smallest absolute Gasteiger partial charge is 0.192 e. The molecule has 2 aromatic heterocycles. The van der Waals surface area contributed by atoms with E-state index in [0.717, 1.165) is 47.4 Å². The Balaban J connectivity index is 1.34. The van der Waals surface area contributed by atoms with Crippen molar-refractivity contribution in [3.8, 4) is 5.75 Å². The molecule has 1 atom stereocenters. The molecule has 3 heterocycles. The van der Waals surface area contributed by atoms with Crippen LogP contribution in [0.25, 0.3) is 27.9 Å². The number of halogens is 2. The lowest BCUT2D eigenvalue weighted by atomic mass is 10.1. The van der Waals surface area contributed by atoms with E-state index in [0.29, 0.717) is 27.0 Å². The summed E-state index contributed by atoms with van der Waals surface area (Å²) >= 11 is 12.6. The number of nitrogens with one attached hydrogen (secondary N) is 1. The fourth-order valence-electron chi connectivity index (χ4n) is 4.74. The zero-order valence-electron chi connectivity index (χ0n) is 20.5. The lowest BCUT2D eigenvalue weighted by Crippen LogP contribution is -2.29. The number of hydrogen-bond donors (Lipinski definition) is 1. The van der Waals surface area contributed by atoms with Gasteiger partial charge in [0.2, 0.25) is 0 Å². The van der Waals surface area contributed by atoms with Crippen LogP contribution in [0.15, 0.2) is 48.8 Å². The van der Waals surface area contributed by atoms with Crippen LogP contribution in [0, 0.1) is 6.57 Å². The number of rotatable bonds is 7. The summed E-state index contributed by atoms with van der Waals surface area (Å²) in [6.45, 7) is 12.6. The number of likely N-dealkylation sites (tertiary alicyclic amines) is 1. The monoisotopic (exact) mass is 531 g/mol. The van der Waals surface area contributed by atoms with Crippen LogP contribution in [-0.2, 0) is 6.54 Å². The van der Waals surface area contributed by atoms with E-state index >= 15 is 0 Å². The van der Waals surface area contributed by atoms with Crippen LogP contribution in [0.4, 0.5) is 5.69 Å². The SMILES string of the molecule is [C-]#[N+]c1cc(/C=C/c2n[nH]c3ccc(OC(C)c4c(Cl)cncc4Cl)cc23)ccc1CN1CCCCC1. The lowest BCUT2D eigenvalue weighted by molar-refractivity contribution is 0.221. The summed E-state index contributed by atoms with van der Waals surface area (Å²) in [5.41, 5.74) is 5.15. The molecule has 0 bridgehead atoms. The Hall–Kier alpha value is -3.37. The average molecular weight is 532 g/mol. The van der Waals surface area contributed by atoms with Crippen molar-refractivity contribution in [2.45, 2.75) is 38.8 Å². The van der Waals surface area contributed by atoms with E-state index in [-0.39, 0.29) is 6.10 Å². The summed E-state index contributed by atoms with van der Waals surface area (Å²) in [4.78, 5) is 10.2. The van der Waals surface area contributed by atoms with Crippen molar-refractivity contribution in [2.24, 2.45) is 0 Å². The number of ether oxygens (including phenoxy) is 1. The molecule has 1 unspecified atom stereocenters. The first kappa shape index (κ1) is 25.3. The highest BCUT2D eigenvalue weighted by Gasteiger charge is 2.17. The Morgan fingerprint density at radius 2 is 1.86 bits per heavy atom. The molecule has 5 rings (SSSR count). The Labute approximate surface area is 226 Å². The van der Waals surface area contributed by atoms with Crippen LogP contribution in [0.2, 0.25) is 10.0 Å². The minimum Gasteiger partial charge on any atom is -0.486 e. The second-order valence-electron chi connectivity index (χ2n) is 9.26. The maximum atomic E-state index is 7.68. The summed E-state index contributed by atoms with van der Waals surface area (Å²) < 4.78 is 6.16. The second kappa shape index (κ2) is 11.4. The molecule has 0 aliphatic carbocycles. The third kappa shape index (κ3) is 5.80. The van der Waals surface area contributed by atoms with Gasteiger partial charge in [0.15, 0.2) is 5.69 Å². The molecule has 4 aromatic rings. The summed E-state index contributed by atoms with van der Waals surface area (Å²) in [7, 11) is 0. The van der Waals surface area contributed by atoms with Crippen molar-refractivity contribution >= 4 is 51.9 Å². The average Bonchev–Trinajstić information content (AvgIpc) is 3.30. The van der Waals surface area contributed by atoms with E-state index in [1.54, 1.807) is 12.4 Å². The normalized spacial score (nSPS) is 15.2. The first-order valence-corrected chi connectivity index (χ1v) is 13.1. The van der Waals surface area contributed by atoms with Gasteiger partial charge in [-0.2, -0.15) is 5.10 Å². The number of benzene rings is 2. The number of hydrogen-bond acceptors (Lipinski definition) is 4. The summed E-state index contributed by atoms with van der Waals surface area (Å²) in [6.07, 6.45) is 10.5. The van der Waals surface area contributed by atoms with E-state index in [9.17, 15) is 0 Å². The van der Waals surface area contributed by atoms with E-state index < -0.39 is 0 Å². The molecular formula is C29H27Cl2N5O. The van der Waals surface area contributed by atoms with Crippen molar-refractivity contribution in [2.75, 3.05) is 13.1 Å². The van der Waals surface area contributed by atoms with Crippen molar-refractivity contribution < 1.29 is 4.74 Å². The Bertz CT molecular complexity index is 1460. The Kier molecular flexibility index (Phi) is 7.76. The molecule has 0 spiro atoms. The molecule has 1 N–H and O–H groups in total. The predicted octanol–water partition coefficient (Wildman–Crippen LogP) is 8.11. The van der Waals surface area contributed by atoms with Gasteiger partial charge in [0.1, 0.15) is 11.9 Å². The van der Waals surface area contributed by atoms with Crippen LogP contribution in [0.3, 0.4) is 0 Å². The zero-order valence-corrected chi connectivity index (χ0v) is 22.1. The molecule has 188 valence electrons. The van der Waals surface area contributed by atoms with Gasteiger partial charge in [-0.25, -0.2) is 4.85 Å². The fourth-order valence-corrected chi connectivity index (χ4v) is 5.41. The Morgan fingerprint density at radius 1 is 1.08 bits per heavy atom. The molecule has 0 saturated carbocycles. The third-order valence-electron chi connectivity index (χ3n) is 6.68. The molecule has 2 aromatic carbocycles. The third-order valence-corrected chi connectivity index (χ3v) is 7.28. The van der Waals surface area contributed by atoms with Crippen molar-refractivity contribution in [1.82, 2.24) is 20.1 Å². The van der Waals surface area contributed by atoms with Crippen LogP contribution < -0.4 is 4.74 Å². The second-order valence-corrected chi connectivity index (χ2v) is 10.1. The van der Waals surface area contributed by atoms with E-state index in [4.69, 9.17) is 34.5 Å². The van der Waals surface area contributed by atoms with Crippen LogP contribution in [-0.4, -0.2) is 33.2 Å². The standard InChI is InChI=1S/C29H27Cl2N5O/c1-19(29-24(30)16-33-17-25(29)31)37-22-9-11-27-23(15-22)26(34-35-27)10-7-20-6-8-21(28(14-20)32-2)18-36-12-4-3-5-13-36/h6-11,14-17,19H,3-5,12-13,18H2,1H3,(H,34,35)/b10-7+. The van der Waals surface area contributed by atoms with Gasteiger partial charge in [0, 0.05) is 29.9 Å². The highest BCUT2D eigenvalue weighted by molar-refractivity contribution is 6.35. The number of aromatic amines is 1. The minimum atomic E-state index is -0.359. The Morgan fingerprint density at radius 3 is 2.62 bits per heavy atom. The molecular weight excluding hydrogens is 505 g/mol. The van der Waals surface area contributed by atoms with Gasteiger partial charge in [-0.3, -0.25) is 10.1 Å². The first-order valence-electron chi connectivity index (χ1n) is 12.4. The van der Waals surface area contributed by atoms with E-state index in [1.807, 2.05) is 43.3 Å². The number of pyridine rings is 1. The van der Waals surface area contributed by atoms with Gasteiger partial charge in [-0.1, -0.05) is 47.8 Å². The van der Waals surface area contributed by atoms with Gasteiger partial charge >= 0.3 is 0 Å². The van der Waals surface area contributed by atoms with Crippen molar-refractivity contribution in [3.05, 3.63) is 92.6 Å². The maximum Gasteiger partial charge on any atom is 0.192 e.